The SMILES string of the molecule is Nc1ccn(-c2cc(=O)[nH]c(=O)n2Sc2c[nH]c(=O)[nH]c2=S)c(=S)n1. The van der Waals surface area contributed by atoms with E-state index in [-0.39, 0.29) is 21.0 Å². The summed E-state index contributed by atoms with van der Waals surface area (Å²) in [6, 6.07) is 2.66. The molecule has 0 aromatic carbocycles. The van der Waals surface area contributed by atoms with E-state index in [1.165, 1.54) is 29.1 Å². The summed E-state index contributed by atoms with van der Waals surface area (Å²) in [6.45, 7) is 0. The van der Waals surface area contributed by atoms with Crippen LogP contribution < -0.4 is 22.7 Å². The highest BCUT2D eigenvalue weighted by atomic mass is 32.2. The van der Waals surface area contributed by atoms with Crippen molar-refractivity contribution >= 4 is 42.2 Å². The number of aromatic amines is 3. The normalized spacial score (nSPS) is 10.7. The van der Waals surface area contributed by atoms with Crippen molar-refractivity contribution in [2.45, 2.75) is 4.90 Å². The predicted octanol–water partition coefficient (Wildman–Crippen LogP) is 0.335. The topological polar surface area (TPSA) is 147 Å². The van der Waals surface area contributed by atoms with Crippen molar-refractivity contribution in [1.82, 2.24) is 28.5 Å². The molecule has 0 aliphatic rings. The van der Waals surface area contributed by atoms with Gasteiger partial charge in [0.25, 0.3) is 5.56 Å². The van der Waals surface area contributed by atoms with Crippen LogP contribution in [0, 0.1) is 9.41 Å². The van der Waals surface area contributed by atoms with Crippen molar-refractivity contribution in [3.8, 4) is 5.82 Å². The summed E-state index contributed by atoms with van der Waals surface area (Å²) in [4.78, 5) is 46.5. The summed E-state index contributed by atoms with van der Waals surface area (Å²) >= 11 is 11.1. The lowest BCUT2D eigenvalue weighted by Gasteiger charge is -2.13. The highest BCUT2D eigenvalue weighted by Crippen LogP contribution is 2.20. The first-order chi connectivity index (χ1) is 11.8. The maximum atomic E-state index is 12.3. The fourth-order valence-electron chi connectivity index (χ4n) is 1.88. The molecule has 0 radical (unpaired) electrons. The van der Waals surface area contributed by atoms with Crippen molar-refractivity contribution in [3.05, 3.63) is 65.3 Å². The number of nitrogen functional groups attached to an aromatic ring is 1. The van der Waals surface area contributed by atoms with Crippen LogP contribution in [0.1, 0.15) is 0 Å². The van der Waals surface area contributed by atoms with Crippen molar-refractivity contribution in [1.29, 1.82) is 0 Å². The molecule has 0 spiro atoms. The van der Waals surface area contributed by atoms with Gasteiger partial charge in [-0.15, -0.1) is 0 Å². The van der Waals surface area contributed by atoms with Crippen molar-refractivity contribution in [2.24, 2.45) is 0 Å². The van der Waals surface area contributed by atoms with Gasteiger partial charge in [-0.1, -0.05) is 12.2 Å². The van der Waals surface area contributed by atoms with Crippen molar-refractivity contribution < 1.29 is 0 Å². The quantitative estimate of drug-likeness (QED) is 0.464. The van der Waals surface area contributed by atoms with Crippen LogP contribution in [0.4, 0.5) is 5.82 Å². The second kappa shape index (κ2) is 6.62. The standard InChI is InChI=1S/C12H9N7O3S3/c13-6-1-2-18(12(24)15-6)8-3-7(20)16-11(22)19(8)25-5-4-14-10(21)17-9(5)23/h1-4H,(H2,13,15,24)(H,16,20,22)(H2,14,17,21,23). The van der Waals surface area contributed by atoms with E-state index in [0.717, 1.165) is 15.9 Å². The Morgan fingerprint density at radius 1 is 1.20 bits per heavy atom. The predicted molar refractivity (Wildman–Crippen MR) is 97.2 cm³/mol. The van der Waals surface area contributed by atoms with Gasteiger partial charge in [0.15, 0.2) is 0 Å². The average Bonchev–Trinajstić information content (AvgIpc) is 2.52. The summed E-state index contributed by atoms with van der Waals surface area (Å²) in [5, 5.41) is 0. The molecule has 128 valence electrons. The van der Waals surface area contributed by atoms with Crippen LogP contribution in [0.2, 0.25) is 0 Å². The summed E-state index contributed by atoms with van der Waals surface area (Å²) in [7, 11) is 0. The zero-order chi connectivity index (χ0) is 18.1. The van der Waals surface area contributed by atoms with Crippen LogP contribution in [-0.2, 0) is 0 Å². The molecular formula is C12H9N7O3S3. The number of aromatic nitrogens is 6. The Morgan fingerprint density at radius 3 is 2.64 bits per heavy atom. The van der Waals surface area contributed by atoms with Gasteiger partial charge in [0.2, 0.25) is 4.77 Å². The Bertz CT molecular complexity index is 1250. The van der Waals surface area contributed by atoms with Gasteiger partial charge < -0.3 is 10.7 Å². The molecule has 0 atom stereocenters. The van der Waals surface area contributed by atoms with Crippen LogP contribution in [0.5, 0.6) is 0 Å². The number of H-pyrrole nitrogens is 3. The second-order valence-corrected chi connectivity index (χ2v) is 6.38. The van der Waals surface area contributed by atoms with Crippen molar-refractivity contribution in [3.63, 3.8) is 0 Å². The smallest absolute Gasteiger partial charge is 0.340 e. The van der Waals surface area contributed by atoms with Gasteiger partial charge in [-0.3, -0.25) is 19.3 Å². The number of hydrogen-bond donors (Lipinski definition) is 4. The molecule has 5 N–H and O–H groups in total. The first-order valence-corrected chi connectivity index (χ1v) is 8.16. The zero-order valence-corrected chi connectivity index (χ0v) is 14.6. The fourth-order valence-corrected chi connectivity index (χ4v) is 3.21. The Hall–Kier alpha value is -2.77. The average molecular weight is 395 g/mol. The van der Waals surface area contributed by atoms with E-state index < -0.39 is 16.9 Å². The maximum absolute atomic E-state index is 12.3. The molecule has 3 heterocycles. The van der Waals surface area contributed by atoms with Gasteiger partial charge in [-0.2, -0.15) is 0 Å². The van der Waals surface area contributed by atoms with Crippen molar-refractivity contribution in [2.75, 3.05) is 5.73 Å². The molecule has 0 aliphatic heterocycles. The molecule has 13 heteroatoms. The lowest BCUT2D eigenvalue weighted by molar-refractivity contribution is 0.856. The van der Waals surface area contributed by atoms with Gasteiger partial charge in [-0.25, -0.2) is 18.5 Å². The molecule has 3 aromatic rings. The lowest BCUT2D eigenvalue weighted by Crippen LogP contribution is -2.30. The molecule has 10 nitrogen and oxygen atoms in total. The second-order valence-electron chi connectivity index (χ2n) is 4.62. The third kappa shape index (κ3) is 3.52. The molecule has 0 fully saturated rings. The van der Waals surface area contributed by atoms with E-state index in [1.54, 1.807) is 0 Å². The van der Waals surface area contributed by atoms with E-state index >= 15 is 0 Å². The molecule has 3 aromatic heterocycles. The summed E-state index contributed by atoms with van der Waals surface area (Å²) in [6.07, 6.45) is 2.84. The third-order valence-electron chi connectivity index (χ3n) is 2.93. The molecule has 3 rings (SSSR count). The summed E-state index contributed by atoms with van der Waals surface area (Å²) in [5.74, 6) is 0.354. The molecule has 25 heavy (non-hydrogen) atoms. The largest absolute Gasteiger partial charge is 0.384 e. The zero-order valence-electron chi connectivity index (χ0n) is 12.2. The summed E-state index contributed by atoms with van der Waals surface area (Å²) < 4.78 is 2.71. The number of rotatable bonds is 3. The van der Waals surface area contributed by atoms with E-state index in [2.05, 4.69) is 19.9 Å². The van der Waals surface area contributed by atoms with Gasteiger partial charge >= 0.3 is 11.4 Å². The number of nitrogens with one attached hydrogen (secondary N) is 3. The fraction of sp³-hybridized carbons (Fsp3) is 0. The van der Waals surface area contributed by atoms with E-state index in [9.17, 15) is 14.4 Å². The van der Waals surface area contributed by atoms with Gasteiger partial charge in [-0.05, 0) is 18.3 Å². The van der Waals surface area contributed by atoms with Crippen LogP contribution >= 0.6 is 36.4 Å². The number of nitrogens with zero attached hydrogens (tertiary/aromatic N) is 3. The Balaban J connectivity index is 2.25. The minimum absolute atomic E-state index is 0.0611. The van der Waals surface area contributed by atoms with Gasteiger partial charge in [0.1, 0.15) is 16.3 Å². The highest BCUT2D eigenvalue weighted by Gasteiger charge is 2.12. The minimum atomic E-state index is -0.702. The Morgan fingerprint density at radius 2 is 1.96 bits per heavy atom. The van der Waals surface area contributed by atoms with Crippen LogP contribution in [0.3, 0.4) is 0 Å². The molecule has 0 saturated heterocycles. The highest BCUT2D eigenvalue weighted by molar-refractivity contribution is 7.98. The lowest BCUT2D eigenvalue weighted by atomic mass is 10.5. The molecule has 0 unspecified atom stereocenters. The molecule has 0 amide bonds. The van der Waals surface area contributed by atoms with Crippen LogP contribution in [0.25, 0.3) is 5.82 Å². The molecule has 0 bridgehead atoms. The van der Waals surface area contributed by atoms with Crippen LogP contribution in [0.15, 0.2) is 43.8 Å². The Labute approximate surface area is 152 Å². The van der Waals surface area contributed by atoms with E-state index in [4.69, 9.17) is 30.2 Å². The van der Waals surface area contributed by atoms with Gasteiger partial charge in [0.05, 0.1) is 4.90 Å². The Kier molecular flexibility index (Phi) is 4.52. The maximum Gasteiger partial charge on any atom is 0.340 e. The summed E-state index contributed by atoms with van der Waals surface area (Å²) in [5.41, 5.74) is 3.79. The van der Waals surface area contributed by atoms with E-state index in [0.29, 0.717) is 4.90 Å². The number of anilines is 1. The number of nitrogens with two attached hydrogens (primary N) is 1. The van der Waals surface area contributed by atoms with Crippen LogP contribution in [-0.4, -0.2) is 28.5 Å². The first kappa shape index (κ1) is 17.1. The molecule has 0 saturated carbocycles. The number of hydrogen-bond acceptors (Lipinski definition) is 8. The monoisotopic (exact) mass is 395 g/mol. The molecule has 0 aliphatic carbocycles. The minimum Gasteiger partial charge on any atom is -0.384 e. The third-order valence-corrected chi connectivity index (χ3v) is 4.72. The van der Waals surface area contributed by atoms with E-state index in [1.807, 2.05) is 0 Å². The van der Waals surface area contributed by atoms with Gasteiger partial charge in [0, 0.05) is 30.4 Å². The molecular weight excluding hydrogens is 386 g/mol. The first-order valence-electron chi connectivity index (χ1n) is 6.57.